The summed E-state index contributed by atoms with van der Waals surface area (Å²) in [6.45, 7) is 7.26. The first-order chi connectivity index (χ1) is 17.4. The number of rotatable bonds is 4. The molecule has 6 rings (SSSR count). The monoisotopic (exact) mass is 510 g/mol. The second-order valence-corrected chi connectivity index (χ2v) is 11.5. The van der Waals surface area contributed by atoms with Gasteiger partial charge in [-0.2, -0.15) is 5.10 Å². The van der Waals surface area contributed by atoms with E-state index in [0.29, 0.717) is 23.0 Å². The van der Waals surface area contributed by atoms with Crippen molar-refractivity contribution in [2.24, 2.45) is 5.41 Å². The van der Waals surface area contributed by atoms with Gasteiger partial charge in [-0.15, -0.1) is 0 Å². The molecule has 3 aliphatic rings. The number of carbonyl (C=O) groups excluding carboxylic acids is 1. The van der Waals surface area contributed by atoms with Gasteiger partial charge in [-0.3, -0.25) is 9.58 Å². The number of amides is 1. The summed E-state index contributed by atoms with van der Waals surface area (Å²) >= 11 is 6.14. The number of carbonyl (C=O) groups is 1. The number of halogens is 1. The fourth-order valence-corrected chi connectivity index (χ4v) is 6.97. The number of aromatic nitrogens is 4. The third kappa shape index (κ3) is 3.89. The Bertz CT molecular complexity index is 1280. The number of ether oxygens (including phenoxy) is 1. The Morgan fingerprint density at radius 2 is 2.08 bits per heavy atom. The molecule has 1 amide bonds. The molecule has 4 heterocycles. The van der Waals surface area contributed by atoms with Crippen LogP contribution in [0.4, 0.5) is 10.5 Å². The van der Waals surface area contributed by atoms with Crippen molar-refractivity contribution in [3.63, 3.8) is 0 Å². The zero-order chi connectivity index (χ0) is 25.0. The molecule has 1 spiro atoms. The number of imidazole rings is 1. The van der Waals surface area contributed by atoms with Crippen LogP contribution in [-0.2, 0) is 17.7 Å². The lowest BCUT2D eigenvalue weighted by Crippen LogP contribution is -2.46. The van der Waals surface area contributed by atoms with Crippen LogP contribution in [0.1, 0.15) is 69.3 Å². The number of nitrogens with one attached hydrogen (secondary N) is 1. The standard InChI is InChI=1S/C27H35ClN6O2/c1-17(15-32-16-19(28)14-30-32)25-31-24-21-5-4-18(2)33(26(35)36-3)22(21)6-7-23(24)34(25)20-12-27(13-20)8-10-29-11-9-27/h6-7,14,16-18,20,29H,4-5,8-13,15H2,1-3H3/t17?,18-/m0/s1. The average molecular weight is 511 g/mol. The van der Waals surface area contributed by atoms with E-state index in [4.69, 9.17) is 21.3 Å². The molecule has 0 bridgehead atoms. The molecule has 1 saturated heterocycles. The van der Waals surface area contributed by atoms with Gasteiger partial charge in [0.25, 0.3) is 0 Å². The highest BCUT2D eigenvalue weighted by Gasteiger charge is 2.46. The van der Waals surface area contributed by atoms with E-state index in [1.165, 1.54) is 38.3 Å². The minimum atomic E-state index is -0.307. The highest BCUT2D eigenvalue weighted by molar-refractivity contribution is 6.30. The van der Waals surface area contributed by atoms with E-state index >= 15 is 0 Å². The van der Waals surface area contributed by atoms with Gasteiger partial charge in [0.15, 0.2) is 0 Å². The zero-order valence-corrected chi connectivity index (χ0v) is 22.1. The molecule has 9 heteroatoms. The van der Waals surface area contributed by atoms with Crippen molar-refractivity contribution in [3.8, 4) is 0 Å². The van der Waals surface area contributed by atoms with E-state index in [2.05, 4.69) is 41.0 Å². The van der Waals surface area contributed by atoms with Crippen LogP contribution >= 0.6 is 11.6 Å². The summed E-state index contributed by atoms with van der Waals surface area (Å²) in [6, 6.07) is 4.81. The first-order valence-electron chi connectivity index (χ1n) is 13.2. The number of hydrogen-bond donors (Lipinski definition) is 1. The molecule has 0 radical (unpaired) electrons. The molecule has 1 N–H and O–H groups in total. The van der Waals surface area contributed by atoms with Gasteiger partial charge in [-0.05, 0) is 76.1 Å². The van der Waals surface area contributed by atoms with Crippen LogP contribution < -0.4 is 10.2 Å². The fraction of sp³-hybridized carbons (Fsp3) is 0.593. The van der Waals surface area contributed by atoms with Crippen LogP contribution in [0.2, 0.25) is 5.02 Å². The molecule has 2 fully saturated rings. The van der Waals surface area contributed by atoms with E-state index in [-0.39, 0.29) is 18.1 Å². The summed E-state index contributed by atoms with van der Waals surface area (Å²) in [5.41, 5.74) is 4.76. The average Bonchev–Trinajstić information content (AvgIpc) is 3.45. The van der Waals surface area contributed by atoms with E-state index in [9.17, 15) is 4.79 Å². The Kier molecular flexibility index (Phi) is 5.99. The Balaban J connectivity index is 1.43. The first-order valence-corrected chi connectivity index (χ1v) is 13.6. The predicted molar refractivity (Wildman–Crippen MR) is 141 cm³/mol. The maximum absolute atomic E-state index is 12.6. The van der Waals surface area contributed by atoms with Crippen LogP contribution in [0.25, 0.3) is 11.0 Å². The van der Waals surface area contributed by atoms with E-state index < -0.39 is 0 Å². The van der Waals surface area contributed by atoms with Gasteiger partial charge in [0.1, 0.15) is 5.82 Å². The third-order valence-corrected chi connectivity index (χ3v) is 8.92. The highest BCUT2D eigenvalue weighted by atomic mass is 35.5. The molecule has 1 unspecified atom stereocenters. The van der Waals surface area contributed by atoms with Crippen LogP contribution in [-0.4, -0.2) is 51.7 Å². The first kappa shape index (κ1) is 23.8. The lowest BCUT2D eigenvalue weighted by molar-refractivity contribution is 0.0289. The molecular formula is C27H35ClN6O2. The number of anilines is 1. The Hall–Kier alpha value is -2.58. The Morgan fingerprint density at radius 1 is 1.31 bits per heavy atom. The smallest absolute Gasteiger partial charge is 0.414 e. The van der Waals surface area contributed by atoms with E-state index in [1.807, 2.05) is 10.9 Å². The number of fused-ring (bicyclic) bond motifs is 3. The lowest BCUT2D eigenvalue weighted by atomic mass is 9.60. The molecule has 2 atom stereocenters. The quantitative estimate of drug-likeness (QED) is 0.515. The molecule has 2 aliphatic heterocycles. The Labute approximate surface area is 216 Å². The summed E-state index contributed by atoms with van der Waals surface area (Å²) in [6.07, 6.45) is 9.97. The van der Waals surface area contributed by atoms with Crippen molar-refractivity contribution in [2.75, 3.05) is 25.1 Å². The summed E-state index contributed by atoms with van der Waals surface area (Å²) in [5.74, 6) is 1.26. The van der Waals surface area contributed by atoms with Crippen molar-refractivity contribution >= 4 is 34.4 Å². The normalized spacial score (nSPS) is 22.4. The van der Waals surface area contributed by atoms with Gasteiger partial charge in [0.2, 0.25) is 0 Å². The van der Waals surface area contributed by atoms with Crippen molar-refractivity contribution in [1.82, 2.24) is 24.6 Å². The van der Waals surface area contributed by atoms with Gasteiger partial charge in [0, 0.05) is 29.8 Å². The van der Waals surface area contributed by atoms with E-state index in [1.54, 1.807) is 11.1 Å². The van der Waals surface area contributed by atoms with Crippen LogP contribution in [0.3, 0.4) is 0 Å². The molecule has 192 valence electrons. The molecule has 8 nitrogen and oxygen atoms in total. The van der Waals surface area contributed by atoms with Crippen LogP contribution in [0, 0.1) is 5.41 Å². The number of nitrogens with zero attached hydrogens (tertiary/aromatic N) is 5. The molecule has 36 heavy (non-hydrogen) atoms. The van der Waals surface area contributed by atoms with Gasteiger partial charge >= 0.3 is 6.09 Å². The summed E-state index contributed by atoms with van der Waals surface area (Å²) in [7, 11) is 1.45. The van der Waals surface area contributed by atoms with Crippen molar-refractivity contribution in [1.29, 1.82) is 0 Å². The van der Waals surface area contributed by atoms with Crippen molar-refractivity contribution in [3.05, 3.63) is 40.9 Å². The highest BCUT2D eigenvalue weighted by Crippen LogP contribution is 2.55. The predicted octanol–water partition coefficient (Wildman–Crippen LogP) is 5.30. The minimum absolute atomic E-state index is 0.0962. The Morgan fingerprint density at radius 3 is 2.78 bits per heavy atom. The largest absolute Gasteiger partial charge is 0.452 e. The zero-order valence-electron chi connectivity index (χ0n) is 21.3. The molecular weight excluding hydrogens is 476 g/mol. The minimum Gasteiger partial charge on any atom is -0.452 e. The third-order valence-electron chi connectivity index (χ3n) is 8.72. The second kappa shape index (κ2) is 9.06. The molecule has 1 aliphatic carbocycles. The van der Waals surface area contributed by atoms with Crippen LogP contribution in [0.5, 0.6) is 0 Å². The van der Waals surface area contributed by atoms with Gasteiger partial charge in [-0.1, -0.05) is 18.5 Å². The fourth-order valence-electron chi connectivity index (χ4n) is 6.81. The SMILES string of the molecule is COC(=O)N1c2ccc3c(nc(C(C)Cn4cc(Cl)cn4)n3C3CC4(CCNCC4)C3)c2CC[C@@H]1C. The molecule has 2 aromatic heterocycles. The van der Waals surface area contributed by atoms with Gasteiger partial charge in [0.05, 0.1) is 41.6 Å². The van der Waals surface area contributed by atoms with Gasteiger partial charge < -0.3 is 14.6 Å². The number of methoxy groups -OCH3 is 1. The van der Waals surface area contributed by atoms with Crippen molar-refractivity contribution < 1.29 is 9.53 Å². The number of hydrogen-bond acceptors (Lipinski definition) is 5. The summed E-state index contributed by atoms with van der Waals surface area (Å²) in [4.78, 5) is 19.7. The molecule has 1 saturated carbocycles. The summed E-state index contributed by atoms with van der Waals surface area (Å²) in [5, 5.41) is 8.58. The topological polar surface area (TPSA) is 77.2 Å². The maximum atomic E-state index is 12.6. The lowest BCUT2D eigenvalue weighted by Gasteiger charge is -2.51. The maximum Gasteiger partial charge on any atom is 0.414 e. The van der Waals surface area contributed by atoms with Crippen LogP contribution in [0.15, 0.2) is 24.5 Å². The van der Waals surface area contributed by atoms with Gasteiger partial charge in [-0.25, -0.2) is 9.78 Å². The van der Waals surface area contributed by atoms with E-state index in [0.717, 1.165) is 48.5 Å². The van der Waals surface area contributed by atoms with Crippen molar-refractivity contribution in [2.45, 2.75) is 76.9 Å². The molecule has 3 aromatic rings. The number of piperidine rings is 1. The number of aryl methyl sites for hydroxylation is 1. The number of benzene rings is 1. The molecule has 1 aromatic carbocycles. The second-order valence-electron chi connectivity index (χ2n) is 11.1. The summed E-state index contributed by atoms with van der Waals surface area (Å²) < 4.78 is 9.55.